The highest BCUT2D eigenvalue weighted by Crippen LogP contribution is 2.29. The molecule has 0 saturated carbocycles. The van der Waals surface area contributed by atoms with Crippen molar-refractivity contribution in [1.29, 1.82) is 0 Å². The summed E-state index contributed by atoms with van der Waals surface area (Å²) < 4.78 is 5.85. The molecule has 0 unspecified atom stereocenters. The van der Waals surface area contributed by atoms with Gasteiger partial charge in [-0.15, -0.1) is 11.8 Å². The number of ether oxygens (including phenoxy) is 1. The molecule has 0 fully saturated rings. The van der Waals surface area contributed by atoms with Crippen molar-refractivity contribution >= 4 is 29.3 Å². The summed E-state index contributed by atoms with van der Waals surface area (Å²) in [6, 6.07) is 6.00. The van der Waals surface area contributed by atoms with Crippen molar-refractivity contribution in [3.05, 3.63) is 35.5 Å². The van der Waals surface area contributed by atoms with Crippen LogP contribution >= 0.6 is 11.8 Å². The first-order chi connectivity index (χ1) is 10.7. The molecule has 1 amide bonds. The summed E-state index contributed by atoms with van der Waals surface area (Å²) in [7, 11) is 0. The van der Waals surface area contributed by atoms with Crippen molar-refractivity contribution in [2.24, 2.45) is 9.98 Å². The van der Waals surface area contributed by atoms with Gasteiger partial charge < -0.3 is 10.1 Å². The summed E-state index contributed by atoms with van der Waals surface area (Å²) in [5.74, 6) is 1.84. The molecule has 1 N–H and O–H groups in total. The fourth-order valence-electron chi connectivity index (χ4n) is 2.23. The number of hydrogen-bond acceptors (Lipinski definition) is 5. The number of amides is 1. The lowest BCUT2D eigenvalue weighted by Crippen LogP contribution is -2.33. The molecule has 2 aliphatic rings. The zero-order valence-corrected chi connectivity index (χ0v) is 13.4. The lowest BCUT2D eigenvalue weighted by atomic mass is 10.2. The molecule has 1 aromatic rings. The van der Waals surface area contributed by atoms with Gasteiger partial charge >= 0.3 is 0 Å². The zero-order valence-electron chi connectivity index (χ0n) is 12.5. The SMILES string of the molecule is CCCOc1cc(SC)ccc1C1=NC2=CCC(=O)NC2=N1. The molecule has 22 heavy (non-hydrogen) atoms. The van der Waals surface area contributed by atoms with Crippen LogP contribution in [-0.4, -0.2) is 30.4 Å². The number of carbonyl (C=O) groups excluding carboxylic acids is 1. The molecular weight excluding hydrogens is 298 g/mol. The summed E-state index contributed by atoms with van der Waals surface area (Å²) in [5.41, 5.74) is 1.58. The van der Waals surface area contributed by atoms with Crippen LogP contribution in [0, 0.1) is 0 Å². The Labute approximate surface area is 133 Å². The summed E-state index contributed by atoms with van der Waals surface area (Å²) >= 11 is 1.66. The number of benzene rings is 1. The van der Waals surface area contributed by atoms with Crippen molar-refractivity contribution in [2.45, 2.75) is 24.7 Å². The van der Waals surface area contributed by atoms with Gasteiger partial charge in [0, 0.05) is 11.3 Å². The minimum absolute atomic E-state index is 0.0564. The van der Waals surface area contributed by atoms with E-state index in [1.165, 1.54) is 0 Å². The third-order valence-electron chi connectivity index (χ3n) is 3.32. The fourth-order valence-corrected chi connectivity index (χ4v) is 2.66. The number of fused-ring (bicyclic) bond motifs is 1. The van der Waals surface area contributed by atoms with Gasteiger partial charge in [0.1, 0.15) is 11.4 Å². The van der Waals surface area contributed by atoms with Gasteiger partial charge in [-0.1, -0.05) is 6.92 Å². The van der Waals surface area contributed by atoms with E-state index in [0.29, 0.717) is 24.7 Å². The van der Waals surface area contributed by atoms with E-state index in [1.807, 2.05) is 24.5 Å². The molecule has 0 aromatic heterocycles. The predicted molar refractivity (Wildman–Crippen MR) is 88.8 cm³/mol. The first-order valence-electron chi connectivity index (χ1n) is 7.20. The van der Waals surface area contributed by atoms with Crippen molar-refractivity contribution in [3.63, 3.8) is 0 Å². The van der Waals surface area contributed by atoms with Crippen molar-refractivity contribution in [1.82, 2.24) is 5.32 Å². The van der Waals surface area contributed by atoms with Gasteiger partial charge in [0.2, 0.25) is 5.91 Å². The maximum atomic E-state index is 11.4. The van der Waals surface area contributed by atoms with Crippen LogP contribution in [-0.2, 0) is 4.79 Å². The number of hydrogen-bond donors (Lipinski definition) is 1. The minimum Gasteiger partial charge on any atom is -0.493 e. The number of nitrogens with one attached hydrogen (secondary N) is 1. The van der Waals surface area contributed by atoms with Gasteiger partial charge in [0.25, 0.3) is 0 Å². The monoisotopic (exact) mass is 315 g/mol. The third-order valence-corrected chi connectivity index (χ3v) is 4.04. The second kappa shape index (κ2) is 6.36. The van der Waals surface area contributed by atoms with Gasteiger partial charge in [0.15, 0.2) is 11.7 Å². The van der Waals surface area contributed by atoms with E-state index in [0.717, 1.165) is 28.3 Å². The van der Waals surface area contributed by atoms with E-state index >= 15 is 0 Å². The first kappa shape index (κ1) is 14.8. The molecule has 5 nitrogen and oxygen atoms in total. The molecule has 0 spiro atoms. The average Bonchev–Trinajstić information content (AvgIpc) is 2.95. The third kappa shape index (κ3) is 2.92. The van der Waals surface area contributed by atoms with Gasteiger partial charge in [-0.2, -0.15) is 0 Å². The van der Waals surface area contributed by atoms with Crippen LogP contribution in [0.15, 0.2) is 44.9 Å². The number of rotatable bonds is 5. The average molecular weight is 315 g/mol. The Hall–Kier alpha value is -2.08. The van der Waals surface area contributed by atoms with Crippen LogP contribution in [0.25, 0.3) is 0 Å². The quantitative estimate of drug-likeness (QED) is 0.850. The van der Waals surface area contributed by atoms with Crippen LogP contribution in [0.3, 0.4) is 0 Å². The van der Waals surface area contributed by atoms with Crippen LogP contribution in [0.5, 0.6) is 5.75 Å². The van der Waals surface area contributed by atoms with E-state index < -0.39 is 0 Å². The summed E-state index contributed by atoms with van der Waals surface area (Å²) in [5, 5.41) is 2.75. The number of carbonyl (C=O) groups is 1. The van der Waals surface area contributed by atoms with E-state index in [-0.39, 0.29) is 5.91 Å². The molecule has 6 heteroatoms. The molecule has 0 atom stereocenters. The second-order valence-corrected chi connectivity index (χ2v) is 5.83. The van der Waals surface area contributed by atoms with E-state index in [9.17, 15) is 4.79 Å². The maximum Gasteiger partial charge on any atom is 0.229 e. The Morgan fingerprint density at radius 2 is 2.23 bits per heavy atom. The highest BCUT2D eigenvalue weighted by atomic mass is 32.2. The largest absolute Gasteiger partial charge is 0.493 e. The van der Waals surface area contributed by atoms with Crippen molar-refractivity contribution < 1.29 is 9.53 Å². The van der Waals surface area contributed by atoms with Gasteiger partial charge in [-0.05, 0) is 37.0 Å². The first-order valence-corrected chi connectivity index (χ1v) is 8.42. The molecule has 3 rings (SSSR count). The lowest BCUT2D eigenvalue weighted by molar-refractivity contribution is -0.119. The van der Waals surface area contributed by atoms with Crippen LogP contribution in [0.2, 0.25) is 0 Å². The van der Waals surface area contributed by atoms with E-state index in [4.69, 9.17) is 4.74 Å². The van der Waals surface area contributed by atoms with Gasteiger partial charge in [-0.3, -0.25) is 4.79 Å². The van der Waals surface area contributed by atoms with Crippen LogP contribution in [0.1, 0.15) is 25.3 Å². The Kier molecular flexibility index (Phi) is 4.29. The molecule has 0 bridgehead atoms. The van der Waals surface area contributed by atoms with E-state index in [2.05, 4.69) is 22.2 Å². The Morgan fingerprint density at radius 3 is 3.00 bits per heavy atom. The van der Waals surface area contributed by atoms with Crippen LogP contribution in [0.4, 0.5) is 0 Å². The summed E-state index contributed by atoms with van der Waals surface area (Å²) in [6.45, 7) is 2.72. The summed E-state index contributed by atoms with van der Waals surface area (Å²) in [4.78, 5) is 21.5. The standard InChI is InChI=1S/C16H17N3O2S/c1-3-8-21-13-9-10(22-2)4-5-11(13)15-17-12-6-7-14(20)18-16(12)19-15/h4-6,9H,3,7-8H2,1-2H3,(H,17,18,19,20). The molecular formula is C16H17N3O2S. The Bertz CT molecular complexity index is 707. The van der Waals surface area contributed by atoms with Crippen molar-refractivity contribution in [2.75, 3.05) is 12.9 Å². The Balaban J connectivity index is 1.96. The molecule has 0 radical (unpaired) electrons. The number of aliphatic imine (C=N–C) groups is 2. The van der Waals surface area contributed by atoms with Crippen LogP contribution < -0.4 is 10.1 Å². The fraction of sp³-hybridized carbons (Fsp3) is 0.312. The number of nitrogens with zero attached hydrogens (tertiary/aromatic N) is 2. The highest BCUT2D eigenvalue weighted by molar-refractivity contribution is 7.98. The smallest absolute Gasteiger partial charge is 0.229 e. The number of amidine groups is 2. The summed E-state index contributed by atoms with van der Waals surface area (Å²) in [6.07, 6.45) is 5.11. The normalized spacial score (nSPS) is 16.5. The van der Waals surface area contributed by atoms with E-state index in [1.54, 1.807) is 17.8 Å². The molecule has 0 saturated heterocycles. The molecule has 0 aliphatic carbocycles. The molecule has 1 aromatic carbocycles. The van der Waals surface area contributed by atoms with Crippen molar-refractivity contribution in [3.8, 4) is 5.75 Å². The predicted octanol–water partition coefficient (Wildman–Crippen LogP) is 2.76. The zero-order chi connectivity index (χ0) is 15.5. The topological polar surface area (TPSA) is 63.0 Å². The second-order valence-electron chi connectivity index (χ2n) is 4.95. The molecule has 2 aliphatic heterocycles. The highest BCUT2D eigenvalue weighted by Gasteiger charge is 2.24. The number of thioether (sulfide) groups is 1. The van der Waals surface area contributed by atoms with Gasteiger partial charge in [-0.25, -0.2) is 9.98 Å². The lowest BCUT2D eigenvalue weighted by Gasteiger charge is -2.11. The Morgan fingerprint density at radius 1 is 1.36 bits per heavy atom. The molecule has 114 valence electrons. The molecule has 2 heterocycles. The minimum atomic E-state index is -0.0564. The van der Waals surface area contributed by atoms with Gasteiger partial charge in [0.05, 0.1) is 12.2 Å². The maximum absolute atomic E-state index is 11.4.